The molecule has 0 bridgehead atoms. The first kappa shape index (κ1) is 14.2. The molecule has 0 aliphatic rings. The first-order valence-electron chi connectivity index (χ1n) is 6.60. The second kappa shape index (κ2) is 8.25. The SMILES string of the molecule is CCCNCCOCc1ccn(C(C)CC)n1. The maximum atomic E-state index is 5.55. The maximum Gasteiger partial charge on any atom is 0.0907 e. The molecule has 0 spiro atoms. The van der Waals surface area contributed by atoms with Crippen LogP contribution in [-0.2, 0) is 11.3 Å². The van der Waals surface area contributed by atoms with E-state index in [0.29, 0.717) is 12.6 Å². The van der Waals surface area contributed by atoms with Crippen LogP contribution >= 0.6 is 0 Å². The molecule has 0 aliphatic carbocycles. The van der Waals surface area contributed by atoms with Gasteiger partial charge in [-0.15, -0.1) is 0 Å². The minimum atomic E-state index is 0.468. The number of ether oxygens (including phenoxy) is 1. The molecule has 0 fully saturated rings. The summed E-state index contributed by atoms with van der Waals surface area (Å²) in [7, 11) is 0. The Hall–Kier alpha value is -0.870. The average Bonchev–Trinajstić information content (AvgIpc) is 2.81. The van der Waals surface area contributed by atoms with Crippen LogP contribution in [-0.4, -0.2) is 29.5 Å². The van der Waals surface area contributed by atoms with Gasteiger partial charge in [0.25, 0.3) is 0 Å². The summed E-state index contributed by atoms with van der Waals surface area (Å²) in [5.41, 5.74) is 1.01. The fourth-order valence-electron chi connectivity index (χ4n) is 1.51. The summed E-state index contributed by atoms with van der Waals surface area (Å²) < 4.78 is 7.56. The van der Waals surface area contributed by atoms with E-state index < -0.39 is 0 Å². The Morgan fingerprint density at radius 3 is 2.94 bits per heavy atom. The minimum Gasteiger partial charge on any atom is -0.374 e. The molecule has 1 N–H and O–H groups in total. The van der Waals surface area contributed by atoms with Gasteiger partial charge in [0.05, 0.1) is 18.9 Å². The van der Waals surface area contributed by atoms with E-state index in [4.69, 9.17) is 4.74 Å². The van der Waals surface area contributed by atoms with Crippen LogP contribution in [0.2, 0.25) is 0 Å². The molecule has 1 aromatic heterocycles. The number of hydrogen-bond donors (Lipinski definition) is 1. The molecule has 98 valence electrons. The Labute approximate surface area is 104 Å². The molecule has 17 heavy (non-hydrogen) atoms. The van der Waals surface area contributed by atoms with Gasteiger partial charge in [0.2, 0.25) is 0 Å². The molecular weight excluding hydrogens is 214 g/mol. The van der Waals surface area contributed by atoms with Crippen LogP contribution in [0, 0.1) is 0 Å². The molecule has 0 saturated heterocycles. The van der Waals surface area contributed by atoms with E-state index in [9.17, 15) is 0 Å². The molecule has 1 unspecified atom stereocenters. The molecule has 0 radical (unpaired) electrons. The lowest BCUT2D eigenvalue weighted by Crippen LogP contribution is -2.20. The van der Waals surface area contributed by atoms with Crippen LogP contribution in [0.3, 0.4) is 0 Å². The monoisotopic (exact) mass is 239 g/mol. The molecule has 1 atom stereocenters. The normalized spacial score (nSPS) is 12.9. The summed E-state index contributed by atoms with van der Waals surface area (Å²) in [6.07, 6.45) is 4.30. The first-order valence-corrected chi connectivity index (χ1v) is 6.60. The van der Waals surface area contributed by atoms with Crippen LogP contribution in [0.25, 0.3) is 0 Å². The lowest BCUT2D eigenvalue weighted by Gasteiger charge is -2.08. The Morgan fingerprint density at radius 2 is 2.24 bits per heavy atom. The van der Waals surface area contributed by atoms with Crippen molar-refractivity contribution in [1.29, 1.82) is 0 Å². The van der Waals surface area contributed by atoms with Crippen LogP contribution < -0.4 is 5.32 Å². The van der Waals surface area contributed by atoms with Crippen LogP contribution in [0.5, 0.6) is 0 Å². The number of rotatable bonds is 9. The van der Waals surface area contributed by atoms with Crippen molar-refractivity contribution < 1.29 is 4.74 Å². The summed E-state index contributed by atoms with van der Waals surface area (Å²) in [5.74, 6) is 0. The fraction of sp³-hybridized carbons (Fsp3) is 0.769. The standard InChI is InChI=1S/C13H25N3O/c1-4-7-14-8-10-17-11-13-6-9-16(15-13)12(3)5-2/h6,9,12,14H,4-5,7-8,10-11H2,1-3H3. The predicted octanol–water partition coefficient (Wildman–Crippen LogP) is 2.37. The van der Waals surface area contributed by atoms with Gasteiger partial charge in [-0.05, 0) is 32.4 Å². The second-order valence-electron chi connectivity index (χ2n) is 4.35. The van der Waals surface area contributed by atoms with E-state index >= 15 is 0 Å². The fourth-order valence-corrected chi connectivity index (χ4v) is 1.51. The van der Waals surface area contributed by atoms with Gasteiger partial charge >= 0.3 is 0 Å². The van der Waals surface area contributed by atoms with Crippen LogP contribution in [0.1, 0.15) is 45.3 Å². The van der Waals surface area contributed by atoms with Gasteiger partial charge in [0.15, 0.2) is 0 Å². The Bertz CT molecular complexity index is 299. The summed E-state index contributed by atoms with van der Waals surface area (Å²) >= 11 is 0. The largest absolute Gasteiger partial charge is 0.374 e. The van der Waals surface area contributed by atoms with Crippen molar-refractivity contribution in [2.24, 2.45) is 0 Å². The van der Waals surface area contributed by atoms with E-state index in [1.54, 1.807) is 0 Å². The number of aromatic nitrogens is 2. The highest BCUT2D eigenvalue weighted by atomic mass is 16.5. The zero-order valence-electron chi connectivity index (χ0n) is 11.3. The summed E-state index contributed by atoms with van der Waals surface area (Å²) in [6, 6.07) is 2.50. The molecular formula is C13H25N3O. The smallest absolute Gasteiger partial charge is 0.0907 e. The minimum absolute atomic E-state index is 0.468. The number of hydrogen-bond acceptors (Lipinski definition) is 3. The molecule has 0 aliphatic heterocycles. The highest BCUT2D eigenvalue weighted by Gasteiger charge is 2.04. The van der Waals surface area contributed by atoms with Crippen molar-refractivity contribution in [3.05, 3.63) is 18.0 Å². The molecule has 0 aromatic carbocycles. The molecule has 1 heterocycles. The van der Waals surface area contributed by atoms with Crippen LogP contribution in [0.4, 0.5) is 0 Å². The third-order valence-corrected chi connectivity index (χ3v) is 2.81. The zero-order chi connectivity index (χ0) is 12.5. The van der Waals surface area contributed by atoms with Gasteiger partial charge in [0, 0.05) is 18.8 Å². The van der Waals surface area contributed by atoms with Gasteiger partial charge in [-0.3, -0.25) is 4.68 Å². The Morgan fingerprint density at radius 1 is 1.41 bits per heavy atom. The van der Waals surface area contributed by atoms with E-state index in [0.717, 1.165) is 31.8 Å². The van der Waals surface area contributed by atoms with Crippen molar-refractivity contribution in [3.63, 3.8) is 0 Å². The lowest BCUT2D eigenvalue weighted by molar-refractivity contribution is 0.119. The summed E-state index contributed by atoms with van der Waals surface area (Å²) in [6.45, 7) is 9.84. The summed E-state index contributed by atoms with van der Waals surface area (Å²) in [5, 5.41) is 7.79. The lowest BCUT2D eigenvalue weighted by atomic mass is 10.3. The van der Waals surface area contributed by atoms with Gasteiger partial charge in [-0.25, -0.2) is 0 Å². The first-order chi connectivity index (χ1) is 8.27. The van der Waals surface area contributed by atoms with E-state index in [1.807, 2.05) is 16.9 Å². The van der Waals surface area contributed by atoms with Gasteiger partial charge in [-0.2, -0.15) is 5.10 Å². The van der Waals surface area contributed by atoms with Crippen molar-refractivity contribution in [3.8, 4) is 0 Å². The third-order valence-electron chi connectivity index (χ3n) is 2.81. The van der Waals surface area contributed by atoms with Gasteiger partial charge in [0.1, 0.15) is 0 Å². The van der Waals surface area contributed by atoms with Crippen molar-refractivity contribution in [1.82, 2.24) is 15.1 Å². The van der Waals surface area contributed by atoms with Crippen molar-refractivity contribution >= 4 is 0 Å². The summed E-state index contributed by atoms with van der Waals surface area (Å²) in [4.78, 5) is 0. The third kappa shape index (κ3) is 5.33. The van der Waals surface area contributed by atoms with Crippen LogP contribution in [0.15, 0.2) is 12.3 Å². The quantitative estimate of drug-likeness (QED) is 0.672. The Balaban J connectivity index is 2.16. The molecule has 1 aromatic rings. The van der Waals surface area contributed by atoms with Gasteiger partial charge < -0.3 is 10.1 Å². The van der Waals surface area contributed by atoms with E-state index in [2.05, 4.69) is 31.2 Å². The molecule has 4 nitrogen and oxygen atoms in total. The number of nitrogens with zero attached hydrogens (tertiary/aromatic N) is 2. The predicted molar refractivity (Wildman–Crippen MR) is 70.0 cm³/mol. The molecule has 4 heteroatoms. The maximum absolute atomic E-state index is 5.55. The molecule has 0 amide bonds. The number of nitrogens with one attached hydrogen (secondary N) is 1. The van der Waals surface area contributed by atoms with E-state index in [1.165, 1.54) is 6.42 Å². The topological polar surface area (TPSA) is 39.1 Å². The molecule has 1 rings (SSSR count). The van der Waals surface area contributed by atoms with Gasteiger partial charge in [-0.1, -0.05) is 13.8 Å². The molecule has 0 saturated carbocycles. The Kier molecular flexibility index (Phi) is 6.89. The average molecular weight is 239 g/mol. The van der Waals surface area contributed by atoms with Crippen molar-refractivity contribution in [2.75, 3.05) is 19.7 Å². The second-order valence-corrected chi connectivity index (χ2v) is 4.35. The van der Waals surface area contributed by atoms with E-state index in [-0.39, 0.29) is 0 Å². The van der Waals surface area contributed by atoms with Crippen molar-refractivity contribution in [2.45, 2.75) is 46.3 Å². The zero-order valence-corrected chi connectivity index (χ0v) is 11.3. The highest BCUT2D eigenvalue weighted by Crippen LogP contribution is 2.09. The highest BCUT2D eigenvalue weighted by molar-refractivity contribution is 4.97.